The highest BCUT2D eigenvalue weighted by atomic mass is 32.2. The Morgan fingerprint density at radius 1 is 1.29 bits per heavy atom. The normalized spacial score (nSPS) is 14.2. The Balaban J connectivity index is 4.54. The van der Waals surface area contributed by atoms with Crippen LogP contribution in [0.4, 0.5) is 0 Å². The summed E-state index contributed by atoms with van der Waals surface area (Å²) in [7, 11) is 2.09. The zero-order chi connectivity index (χ0) is 13.6. The first-order chi connectivity index (χ1) is 7.73. The molecule has 0 aliphatic carbocycles. The molecular formula is C10H23N3O2S2. The summed E-state index contributed by atoms with van der Waals surface area (Å²) in [5.74, 6) is 0. The molecule has 1 unspecified atom stereocenters. The van der Waals surface area contributed by atoms with Crippen LogP contribution < -0.4 is 5.73 Å². The van der Waals surface area contributed by atoms with Crippen LogP contribution in [0.25, 0.3) is 0 Å². The zero-order valence-electron chi connectivity index (χ0n) is 11.0. The standard InChI is InChI=1S/C10H23N3O2S2/c1-5-9(10(11)16)17(14,15)13(4)8-6-7-12(2)3/h9H,5-8H2,1-4H3,(H2,11,16). The van der Waals surface area contributed by atoms with Crippen LogP contribution in [-0.2, 0) is 10.0 Å². The van der Waals surface area contributed by atoms with Gasteiger partial charge in [-0.05, 0) is 33.5 Å². The first-order valence-electron chi connectivity index (χ1n) is 5.62. The third-order valence-electron chi connectivity index (χ3n) is 2.56. The van der Waals surface area contributed by atoms with Gasteiger partial charge in [0, 0.05) is 13.6 Å². The van der Waals surface area contributed by atoms with E-state index in [9.17, 15) is 8.42 Å². The quantitative estimate of drug-likeness (QED) is 0.647. The molecule has 0 saturated carbocycles. The lowest BCUT2D eigenvalue weighted by molar-refractivity contribution is 0.369. The molecule has 5 nitrogen and oxygen atoms in total. The van der Waals surface area contributed by atoms with Crippen molar-refractivity contribution in [2.24, 2.45) is 5.73 Å². The van der Waals surface area contributed by atoms with Gasteiger partial charge in [-0.3, -0.25) is 0 Å². The Labute approximate surface area is 110 Å². The highest BCUT2D eigenvalue weighted by Gasteiger charge is 2.30. The fourth-order valence-corrected chi connectivity index (χ4v) is 3.58. The van der Waals surface area contributed by atoms with Crippen molar-refractivity contribution >= 4 is 27.2 Å². The number of hydrogen-bond acceptors (Lipinski definition) is 4. The van der Waals surface area contributed by atoms with E-state index in [1.54, 1.807) is 14.0 Å². The van der Waals surface area contributed by atoms with Gasteiger partial charge >= 0.3 is 0 Å². The molecule has 0 aromatic rings. The summed E-state index contributed by atoms with van der Waals surface area (Å²) in [6, 6.07) is 0. The van der Waals surface area contributed by atoms with Crippen molar-refractivity contribution in [2.45, 2.75) is 25.0 Å². The average molecular weight is 281 g/mol. The maximum Gasteiger partial charge on any atom is 0.223 e. The van der Waals surface area contributed by atoms with Crippen molar-refractivity contribution in [3.63, 3.8) is 0 Å². The summed E-state index contributed by atoms with van der Waals surface area (Å²) in [6.07, 6.45) is 1.20. The molecule has 0 spiro atoms. The van der Waals surface area contributed by atoms with Gasteiger partial charge < -0.3 is 10.6 Å². The van der Waals surface area contributed by atoms with E-state index in [0.717, 1.165) is 13.0 Å². The lowest BCUT2D eigenvalue weighted by Crippen LogP contribution is -2.43. The topological polar surface area (TPSA) is 66.6 Å². The molecule has 0 aliphatic rings. The van der Waals surface area contributed by atoms with Gasteiger partial charge in [-0.2, -0.15) is 0 Å². The molecular weight excluding hydrogens is 258 g/mol. The summed E-state index contributed by atoms with van der Waals surface area (Å²) in [5, 5.41) is -0.748. The van der Waals surface area contributed by atoms with Crippen LogP contribution in [0.15, 0.2) is 0 Å². The molecule has 102 valence electrons. The van der Waals surface area contributed by atoms with Crippen LogP contribution in [0.1, 0.15) is 19.8 Å². The summed E-state index contributed by atoms with van der Waals surface area (Å²) in [6.45, 7) is 3.11. The molecule has 2 N–H and O–H groups in total. The fourth-order valence-electron chi connectivity index (χ4n) is 1.51. The predicted molar refractivity (Wildman–Crippen MR) is 75.6 cm³/mol. The van der Waals surface area contributed by atoms with E-state index in [0.29, 0.717) is 13.0 Å². The van der Waals surface area contributed by atoms with Gasteiger partial charge in [0.05, 0.1) is 4.99 Å². The van der Waals surface area contributed by atoms with E-state index in [-0.39, 0.29) is 4.99 Å². The second-order valence-electron chi connectivity index (χ2n) is 4.32. The fraction of sp³-hybridized carbons (Fsp3) is 0.900. The van der Waals surface area contributed by atoms with E-state index in [1.807, 2.05) is 19.0 Å². The number of nitrogens with zero attached hydrogens (tertiary/aromatic N) is 2. The second kappa shape index (κ2) is 7.25. The summed E-state index contributed by atoms with van der Waals surface area (Å²) >= 11 is 4.80. The van der Waals surface area contributed by atoms with Gasteiger partial charge in [0.1, 0.15) is 5.25 Å². The molecule has 17 heavy (non-hydrogen) atoms. The SMILES string of the molecule is CCC(C(N)=S)S(=O)(=O)N(C)CCCN(C)C. The van der Waals surface area contributed by atoms with Gasteiger partial charge in [-0.15, -0.1) is 0 Å². The second-order valence-corrected chi connectivity index (χ2v) is 7.02. The predicted octanol–water partition coefficient (Wildman–Crippen LogP) is 0.264. The molecule has 0 radical (unpaired) electrons. The zero-order valence-corrected chi connectivity index (χ0v) is 12.6. The van der Waals surface area contributed by atoms with Crippen LogP contribution in [0.5, 0.6) is 0 Å². The molecule has 0 aromatic heterocycles. The van der Waals surface area contributed by atoms with Crippen molar-refractivity contribution < 1.29 is 8.42 Å². The van der Waals surface area contributed by atoms with E-state index in [4.69, 9.17) is 18.0 Å². The van der Waals surface area contributed by atoms with Gasteiger partial charge in [0.15, 0.2) is 0 Å². The van der Waals surface area contributed by atoms with E-state index in [2.05, 4.69) is 0 Å². The highest BCUT2D eigenvalue weighted by molar-refractivity contribution is 7.92. The van der Waals surface area contributed by atoms with Crippen molar-refractivity contribution in [1.82, 2.24) is 9.21 Å². The van der Waals surface area contributed by atoms with Crippen molar-refractivity contribution in [3.05, 3.63) is 0 Å². The maximum atomic E-state index is 12.1. The smallest absolute Gasteiger partial charge is 0.223 e. The minimum atomic E-state index is -3.40. The molecule has 0 aliphatic heterocycles. The molecule has 7 heteroatoms. The minimum absolute atomic E-state index is 0.0481. The van der Waals surface area contributed by atoms with Gasteiger partial charge in [-0.1, -0.05) is 19.1 Å². The molecule has 0 heterocycles. The molecule has 0 bridgehead atoms. The maximum absolute atomic E-state index is 12.1. The Bertz CT molecular complexity index is 341. The average Bonchev–Trinajstić information content (AvgIpc) is 2.16. The van der Waals surface area contributed by atoms with E-state index < -0.39 is 15.3 Å². The first kappa shape index (κ1) is 16.8. The lowest BCUT2D eigenvalue weighted by Gasteiger charge is -2.23. The first-order valence-corrected chi connectivity index (χ1v) is 7.53. The largest absolute Gasteiger partial charge is 0.392 e. The van der Waals surface area contributed by atoms with Crippen LogP contribution >= 0.6 is 12.2 Å². The number of thiocarbonyl (C=S) groups is 1. The third kappa shape index (κ3) is 5.29. The number of sulfonamides is 1. The van der Waals surface area contributed by atoms with Crippen LogP contribution in [-0.4, -0.2) is 62.1 Å². The minimum Gasteiger partial charge on any atom is -0.392 e. The lowest BCUT2D eigenvalue weighted by atomic mass is 10.3. The Morgan fingerprint density at radius 3 is 2.18 bits per heavy atom. The number of nitrogens with two attached hydrogens (primary N) is 1. The summed E-state index contributed by atoms with van der Waals surface area (Å²) < 4.78 is 25.6. The molecule has 1 atom stereocenters. The Hall–Kier alpha value is -0.240. The van der Waals surface area contributed by atoms with Crippen LogP contribution in [0.3, 0.4) is 0 Å². The molecule has 0 rings (SSSR count). The van der Waals surface area contributed by atoms with Crippen molar-refractivity contribution in [1.29, 1.82) is 0 Å². The van der Waals surface area contributed by atoms with Crippen LogP contribution in [0.2, 0.25) is 0 Å². The third-order valence-corrected chi connectivity index (χ3v) is 5.35. The molecule has 0 amide bonds. The highest BCUT2D eigenvalue weighted by Crippen LogP contribution is 2.11. The van der Waals surface area contributed by atoms with Gasteiger partial charge in [0.2, 0.25) is 10.0 Å². The van der Waals surface area contributed by atoms with E-state index in [1.165, 1.54) is 4.31 Å². The summed E-state index contributed by atoms with van der Waals surface area (Å²) in [4.78, 5) is 2.07. The van der Waals surface area contributed by atoms with Crippen LogP contribution in [0, 0.1) is 0 Å². The molecule has 0 saturated heterocycles. The summed E-state index contributed by atoms with van der Waals surface area (Å²) in [5.41, 5.74) is 5.47. The van der Waals surface area contributed by atoms with Crippen molar-refractivity contribution in [2.75, 3.05) is 34.2 Å². The molecule has 0 aromatic carbocycles. The number of rotatable bonds is 8. The van der Waals surface area contributed by atoms with Crippen molar-refractivity contribution in [3.8, 4) is 0 Å². The molecule has 0 fully saturated rings. The Kier molecular flexibility index (Phi) is 7.15. The number of hydrogen-bond donors (Lipinski definition) is 1. The Morgan fingerprint density at radius 2 is 1.82 bits per heavy atom. The van der Waals surface area contributed by atoms with E-state index >= 15 is 0 Å². The monoisotopic (exact) mass is 281 g/mol. The van der Waals surface area contributed by atoms with Gasteiger partial charge in [0.25, 0.3) is 0 Å². The van der Waals surface area contributed by atoms with Gasteiger partial charge in [-0.25, -0.2) is 12.7 Å².